The molecular formula is C15H13FN4O3S. The molecule has 0 atom stereocenters. The first-order valence-electron chi connectivity index (χ1n) is 7.03. The van der Waals surface area contributed by atoms with E-state index in [9.17, 15) is 17.6 Å². The van der Waals surface area contributed by atoms with Crippen LogP contribution in [0.4, 0.5) is 10.1 Å². The Labute approximate surface area is 137 Å². The zero-order valence-corrected chi connectivity index (χ0v) is 13.4. The molecule has 0 saturated heterocycles. The summed E-state index contributed by atoms with van der Waals surface area (Å²) in [4.78, 5) is 23.3. The summed E-state index contributed by atoms with van der Waals surface area (Å²) in [6.45, 7) is 1.43. The van der Waals surface area contributed by atoms with E-state index in [-0.39, 0.29) is 22.6 Å². The summed E-state index contributed by atoms with van der Waals surface area (Å²) in [5, 5.41) is 0.460. The average Bonchev–Trinajstić information content (AvgIpc) is 3.00. The van der Waals surface area contributed by atoms with Gasteiger partial charge in [0.2, 0.25) is 10.0 Å². The highest BCUT2D eigenvalue weighted by atomic mass is 32.2. The van der Waals surface area contributed by atoms with Gasteiger partial charge in [0.25, 0.3) is 0 Å². The number of sulfonamides is 1. The molecule has 9 heteroatoms. The summed E-state index contributed by atoms with van der Waals surface area (Å²) in [5.74, 6) is -1.72. The topological polar surface area (TPSA) is 105 Å². The number of nitrogens with one attached hydrogen (secondary N) is 2. The summed E-state index contributed by atoms with van der Waals surface area (Å²) in [5.41, 5.74) is 0.159. The Morgan fingerprint density at radius 3 is 2.88 bits per heavy atom. The standard InChI is InChI=1S/C15H13FN4O3S/c1-2-24(22,23)20-12-5-3-4-9(13(12)16)14(21)10-7-18-15-11(10)6-17-8-19-15/h3-8,20H,2H2,1H3,(H,17,18,19). The van der Waals surface area contributed by atoms with Crippen LogP contribution in [0.1, 0.15) is 22.8 Å². The molecule has 7 nitrogen and oxygen atoms in total. The van der Waals surface area contributed by atoms with Gasteiger partial charge >= 0.3 is 0 Å². The third kappa shape index (κ3) is 2.85. The number of hydrogen-bond donors (Lipinski definition) is 2. The summed E-state index contributed by atoms with van der Waals surface area (Å²) < 4.78 is 40.0. The van der Waals surface area contributed by atoms with Crippen LogP contribution in [0.15, 0.2) is 36.9 Å². The Balaban J connectivity index is 2.05. The Bertz CT molecular complexity index is 1030. The normalized spacial score (nSPS) is 11.6. The summed E-state index contributed by atoms with van der Waals surface area (Å²) in [6, 6.07) is 3.97. The second kappa shape index (κ2) is 6.00. The molecule has 0 spiro atoms. The van der Waals surface area contributed by atoms with Gasteiger partial charge in [-0.1, -0.05) is 6.07 Å². The van der Waals surface area contributed by atoms with Gasteiger partial charge in [-0.3, -0.25) is 9.52 Å². The van der Waals surface area contributed by atoms with Crippen LogP contribution in [0.5, 0.6) is 0 Å². The van der Waals surface area contributed by atoms with Gasteiger partial charge in [-0.15, -0.1) is 0 Å². The number of benzene rings is 1. The molecule has 0 aliphatic heterocycles. The van der Waals surface area contributed by atoms with Crippen LogP contribution >= 0.6 is 0 Å². The summed E-state index contributed by atoms with van der Waals surface area (Å²) in [7, 11) is -3.65. The Morgan fingerprint density at radius 1 is 1.33 bits per heavy atom. The van der Waals surface area contributed by atoms with E-state index in [2.05, 4.69) is 19.7 Å². The number of ketones is 1. The van der Waals surface area contributed by atoms with Crippen molar-refractivity contribution in [2.24, 2.45) is 0 Å². The van der Waals surface area contributed by atoms with Crippen LogP contribution in [0.3, 0.4) is 0 Å². The maximum absolute atomic E-state index is 14.6. The highest BCUT2D eigenvalue weighted by Crippen LogP contribution is 2.24. The lowest BCUT2D eigenvalue weighted by molar-refractivity contribution is 0.103. The van der Waals surface area contributed by atoms with Crippen LogP contribution in [0, 0.1) is 5.82 Å². The summed E-state index contributed by atoms with van der Waals surface area (Å²) in [6.07, 6.45) is 4.20. The quantitative estimate of drug-likeness (QED) is 0.687. The van der Waals surface area contributed by atoms with E-state index in [1.807, 2.05) is 0 Å². The van der Waals surface area contributed by atoms with Crippen molar-refractivity contribution in [3.05, 3.63) is 53.9 Å². The van der Waals surface area contributed by atoms with Gasteiger partial charge in [-0.05, 0) is 19.1 Å². The van der Waals surface area contributed by atoms with Crippen molar-refractivity contribution in [2.45, 2.75) is 6.92 Å². The summed E-state index contributed by atoms with van der Waals surface area (Å²) >= 11 is 0. The largest absolute Gasteiger partial charge is 0.345 e. The van der Waals surface area contributed by atoms with E-state index in [4.69, 9.17) is 0 Å². The van der Waals surface area contributed by atoms with Crippen molar-refractivity contribution >= 4 is 32.5 Å². The number of nitrogens with zero attached hydrogens (tertiary/aromatic N) is 2. The number of hydrogen-bond acceptors (Lipinski definition) is 5. The Morgan fingerprint density at radius 2 is 2.12 bits per heavy atom. The van der Waals surface area contributed by atoms with Crippen LogP contribution in [0.2, 0.25) is 0 Å². The molecule has 3 rings (SSSR count). The Kier molecular flexibility index (Phi) is 4.02. The van der Waals surface area contributed by atoms with E-state index < -0.39 is 21.6 Å². The number of carbonyl (C=O) groups excluding carboxylic acids is 1. The predicted molar refractivity (Wildman–Crippen MR) is 86.8 cm³/mol. The van der Waals surface area contributed by atoms with Crippen LogP contribution in [0.25, 0.3) is 11.0 Å². The lowest BCUT2D eigenvalue weighted by Crippen LogP contribution is -2.16. The fraction of sp³-hybridized carbons (Fsp3) is 0.133. The molecule has 0 fully saturated rings. The van der Waals surface area contributed by atoms with E-state index in [0.29, 0.717) is 11.0 Å². The smallest absolute Gasteiger partial charge is 0.232 e. The molecule has 0 aliphatic carbocycles. The first-order valence-corrected chi connectivity index (χ1v) is 8.69. The van der Waals surface area contributed by atoms with E-state index in [1.54, 1.807) is 0 Å². The molecule has 0 bridgehead atoms. The number of rotatable bonds is 5. The molecule has 3 aromatic rings. The molecule has 2 aromatic heterocycles. The monoisotopic (exact) mass is 348 g/mol. The number of fused-ring (bicyclic) bond motifs is 1. The van der Waals surface area contributed by atoms with Gasteiger partial charge in [0.05, 0.1) is 22.6 Å². The molecule has 1 aromatic carbocycles. The number of H-pyrrole nitrogens is 1. The molecule has 124 valence electrons. The fourth-order valence-corrected chi connectivity index (χ4v) is 2.86. The SMILES string of the molecule is CCS(=O)(=O)Nc1cccc(C(=O)c2c[nH]c3ncncc23)c1F. The zero-order valence-electron chi connectivity index (χ0n) is 12.6. The van der Waals surface area contributed by atoms with Crippen molar-refractivity contribution in [1.29, 1.82) is 0 Å². The minimum absolute atomic E-state index is 0.204. The van der Waals surface area contributed by atoms with Crippen molar-refractivity contribution in [1.82, 2.24) is 15.0 Å². The molecule has 0 aliphatic rings. The number of aromatic nitrogens is 3. The Hall–Kier alpha value is -2.81. The number of carbonyl (C=O) groups is 1. The van der Waals surface area contributed by atoms with Gasteiger partial charge in [-0.2, -0.15) is 0 Å². The van der Waals surface area contributed by atoms with Crippen molar-refractivity contribution in [3.63, 3.8) is 0 Å². The molecule has 0 saturated carbocycles. The van der Waals surface area contributed by atoms with Crippen LogP contribution < -0.4 is 4.72 Å². The third-order valence-electron chi connectivity index (χ3n) is 3.49. The molecule has 2 heterocycles. The van der Waals surface area contributed by atoms with E-state index >= 15 is 0 Å². The number of halogens is 1. The fourth-order valence-electron chi connectivity index (χ4n) is 2.22. The lowest BCUT2D eigenvalue weighted by Gasteiger charge is -2.09. The molecular weight excluding hydrogens is 335 g/mol. The maximum Gasteiger partial charge on any atom is 0.232 e. The molecule has 0 amide bonds. The van der Waals surface area contributed by atoms with Gasteiger partial charge in [-0.25, -0.2) is 22.8 Å². The lowest BCUT2D eigenvalue weighted by atomic mass is 10.0. The van der Waals surface area contributed by atoms with Crippen molar-refractivity contribution in [2.75, 3.05) is 10.5 Å². The minimum atomic E-state index is -3.65. The zero-order chi connectivity index (χ0) is 17.3. The van der Waals surface area contributed by atoms with Gasteiger partial charge in [0.1, 0.15) is 12.0 Å². The second-order valence-electron chi connectivity index (χ2n) is 4.99. The molecule has 2 N–H and O–H groups in total. The van der Waals surface area contributed by atoms with Crippen LogP contribution in [-0.2, 0) is 10.0 Å². The molecule has 0 unspecified atom stereocenters. The third-order valence-corrected chi connectivity index (χ3v) is 4.78. The highest BCUT2D eigenvalue weighted by molar-refractivity contribution is 7.92. The van der Waals surface area contributed by atoms with E-state index in [1.165, 1.54) is 43.8 Å². The van der Waals surface area contributed by atoms with Gasteiger partial charge < -0.3 is 4.98 Å². The second-order valence-corrected chi connectivity index (χ2v) is 7.00. The van der Waals surface area contributed by atoms with Crippen LogP contribution in [-0.4, -0.2) is 34.9 Å². The van der Waals surface area contributed by atoms with Gasteiger partial charge in [0, 0.05) is 17.8 Å². The highest BCUT2D eigenvalue weighted by Gasteiger charge is 2.21. The first-order chi connectivity index (χ1) is 11.4. The minimum Gasteiger partial charge on any atom is -0.345 e. The predicted octanol–water partition coefficient (Wildman–Crippen LogP) is 2.09. The van der Waals surface area contributed by atoms with E-state index in [0.717, 1.165) is 0 Å². The molecule has 0 radical (unpaired) electrons. The van der Waals surface area contributed by atoms with Gasteiger partial charge in [0.15, 0.2) is 11.6 Å². The average molecular weight is 348 g/mol. The maximum atomic E-state index is 14.6. The van der Waals surface area contributed by atoms with Crippen molar-refractivity contribution < 1.29 is 17.6 Å². The van der Waals surface area contributed by atoms with Crippen molar-refractivity contribution in [3.8, 4) is 0 Å². The number of aromatic amines is 1. The molecule has 24 heavy (non-hydrogen) atoms. The number of anilines is 1. The first kappa shape index (κ1) is 16.1.